The van der Waals surface area contributed by atoms with Crippen molar-refractivity contribution in [2.45, 2.75) is 45.4 Å². The molecule has 2 atom stereocenters. The van der Waals surface area contributed by atoms with Gasteiger partial charge in [-0.15, -0.1) is 0 Å². The maximum absolute atomic E-state index is 12.4. The summed E-state index contributed by atoms with van der Waals surface area (Å²) >= 11 is 0. The van der Waals surface area contributed by atoms with Gasteiger partial charge in [-0.2, -0.15) is 0 Å². The van der Waals surface area contributed by atoms with Gasteiger partial charge in [0.2, 0.25) is 5.91 Å². The molecule has 1 aromatic rings. The van der Waals surface area contributed by atoms with Gasteiger partial charge in [-0.25, -0.2) is 9.59 Å². The number of carbonyl (C=O) groups is 3. The number of carbonyl (C=O) groups excluding carboxylic acids is 3. The van der Waals surface area contributed by atoms with E-state index in [-0.39, 0.29) is 24.6 Å². The van der Waals surface area contributed by atoms with E-state index in [0.717, 1.165) is 5.69 Å². The molecule has 174 valence electrons. The van der Waals surface area contributed by atoms with Crippen LogP contribution < -0.4 is 19.9 Å². The smallest absolute Gasteiger partial charge is 0.414 e. The van der Waals surface area contributed by atoms with Crippen LogP contribution in [-0.2, 0) is 14.3 Å². The Hall–Kier alpha value is -3.17. The van der Waals surface area contributed by atoms with Crippen molar-refractivity contribution >= 4 is 29.5 Å². The van der Waals surface area contributed by atoms with E-state index in [1.165, 1.54) is 6.92 Å². The van der Waals surface area contributed by atoms with E-state index in [9.17, 15) is 14.4 Å². The Kier molecular flexibility index (Phi) is 5.79. The quantitative estimate of drug-likeness (QED) is 0.758. The van der Waals surface area contributed by atoms with Crippen molar-refractivity contribution in [3.05, 3.63) is 18.2 Å². The van der Waals surface area contributed by atoms with Gasteiger partial charge in [0.25, 0.3) is 0 Å². The number of ether oxygens (including phenoxy) is 3. The zero-order valence-electron chi connectivity index (χ0n) is 18.9. The number of fused-ring (bicyclic) bond motifs is 3. The van der Waals surface area contributed by atoms with Crippen LogP contribution >= 0.6 is 0 Å². The number of nitrogens with zero attached hydrogens (tertiary/aromatic N) is 3. The Balaban J connectivity index is 1.42. The largest absolute Gasteiger partial charge is 0.489 e. The molecule has 0 spiro atoms. The minimum Gasteiger partial charge on any atom is -0.489 e. The molecule has 3 aliphatic rings. The first-order valence-corrected chi connectivity index (χ1v) is 10.8. The van der Waals surface area contributed by atoms with Crippen molar-refractivity contribution < 1.29 is 28.6 Å². The monoisotopic (exact) mass is 446 g/mol. The van der Waals surface area contributed by atoms with Crippen LogP contribution in [0.3, 0.4) is 0 Å². The Morgan fingerprint density at radius 3 is 2.72 bits per heavy atom. The number of cyclic esters (lactones) is 1. The van der Waals surface area contributed by atoms with Gasteiger partial charge < -0.3 is 29.3 Å². The van der Waals surface area contributed by atoms with E-state index in [1.807, 2.05) is 39.0 Å². The number of anilines is 2. The molecule has 0 aromatic heterocycles. The molecule has 1 N–H and O–H groups in total. The maximum Gasteiger partial charge on any atom is 0.414 e. The summed E-state index contributed by atoms with van der Waals surface area (Å²) in [5.74, 6) is 0.533. The average Bonchev–Trinajstić information content (AvgIpc) is 3.10. The summed E-state index contributed by atoms with van der Waals surface area (Å²) in [7, 11) is 0. The van der Waals surface area contributed by atoms with Crippen molar-refractivity contribution in [3.63, 3.8) is 0 Å². The number of benzene rings is 1. The number of amides is 3. The molecule has 3 heterocycles. The molecule has 4 rings (SSSR count). The molecule has 1 aromatic carbocycles. The number of rotatable bonds is 3. The second-order valence-electron chi connectivity index (χ2n) is 9.29. The standard InChI is InChI=1S/C22H30N4O6/c1-14(27)23-10-17-12-26(21(29)31-17)15-5-6-18-19(9-15)30-13-16-11-24(7-8-25(16)18)20(28)32-22(2,3)4/h5-6,9,16-17H,7-8,10-13H2,1-4H3,(H,23,27)/t16?,17-/m0/s1. The van der Waals surface area contributed by atoms with Gasteiger partial charge in [0.1, 0.15) is 24.1 Å². The van der Waals surface area contributed by atoms with Crippen molar-refractivity contribution in [1.82, 2.24) is 10.2 Å². The summed E-state index contributed by atoms with van der Waals surface area (Å²) in [5.41, 5.74) is 1.10. The molecule has 10 nitrogen and oxygen atoms in total. The van der Waals surface area contributed by atoms with Gasteiger partial charge in [0, 0.05) is 32.6 Å². The minimum absolute atomic E-state index is 0.0356. The van der Waals surface area contributed by atoms with Gasteiger partial charge in [0.05, 0.1) is 30.5 Å². The fraction of sp³-hybridized carbons (Fsp3) is 0.591. The highest BCUT2D eigenvalue weighted by Crippen LogP contribution is 2.39. The summed E-state index contributed by atoms with van der Waals surface area (Å²) in [4.78, 5) is 41.4. The molecule has 2 saturated heterocycles. The average molecular weight is 447 g/mol. The Morgan fingerprint density at radius 2 is 2.00 bits per heavy atom. The SMILES string of the molecule is CC(=O)NC[C@H]1CN(c2ccc3c(c2)OCC2CN(C(=O)OC(C)(C)C)CCN32)C(=O)O1. The summed E-state index contributed by atoms with van der Waals surface area (Å²) < 4.78 is 16.9. The van der Waals surface area contributed by atoms with E-state index in [0.29, 0.717) is 44.2 Å². The van der Waals surface area contributed by atoms with Crippen LogP contribution in [0.25, 0.3) is 0 Å². The van der Waals surface area contributed by atoms with Crippen LogP contribution in [-0.4, -0.2) is 80.1 Å². The van der Waals surface area contributed by atoms with E-state index in [2.05, 4.69) is 10.2 Å². The normalized spacial score (nSPS) is 22.5. The fourth-order valence-electron chi connectivity index (χ4n) is 4.11. The van der Waals surface area contributed by atoms with Crippen LogP contribution in [0.1, 0.15) is 27.7 Å². The third-order valence-electron chi connectivity index (χ3n) is 5.58. The van der Waals surface area contributed by atoms with Crippen LogP contribution in [0, 0.1) is 0 Å². The molecular weight excluding hydrogens is 416 g/mol. The number of hydrogen-bond acceptors (Lipinski definition) is 7. The van der Waals surface area contributed by atoms with E-state index in [1.54, 1.807) is 9.80 Å². The number of hydrogen-bond donors (Lipinski definition) is 1. The summed E-state index contributed by atoms with van der Waals surface area (Å²) in [6.45, 7) is 9.84. The molecule has 0 radical (unpaired) electrons. The molecule has 3 aliphatic heterocycles. The highest BCUT2D eigenvalue weighted by atomic mass is 16.6. The molecule has 10 heteroatoms. The Bertz CT molecular complexity index is 914. The van der Waals surface area contributed by atoms with Gasteiger partial charge in [-0.3, -0.25) is 9.69 Å². The molecule has 0 bridgehead atoms. The molecular formula is C22H30N4O6. The lowest BCUT2D eigenvalue weighted by Gasteiger charge is -2.45. The summed E-state index contributed by atoms with van der Waals surface area (Å²) in [5, 5.41) is 2.67. The predicted octanol–water partition coefficient (Wildman–Crippen LogP) is 1.97. The molecule has 32 heavy (non-hydrogen) atoms. The second-order valence-corrected chi connectivity index (χ2v) is 9.29. The van der Waals surface area contributed by atoms with Crippen LogP contribution in [0.15, 0.2) is 18.2 Å². The van der Waals surface area contributed by atoms with Gasteiger partial charge >= 0.3 is 12.2 Å². The first-order chi connectivity index (χ1) is 15.1. The first kappa shape index (κ1) is 22.0. The van der Waals surface area contributed by atoms with Crippen LogP contribution in [0.5, 0.6) is 5.75 Å². The zero-order valence-corrected chi connectivity index (χ0v) is 18.9. The van der Waals surface area contributed by atoms with Crippen LogP contribution in [0.2, 0.25) is 0 Å². The lowest BCUT2D eigenvalue weighted by Crippen LogP contribution is -2.59. The number of nitrogens with one attached hydrogen (secondary N) is 1. The van der Waals surface area contributed by atoms with Crippen molar-refractivity contribution in [2.75, 3.05) is 49.1 Å². The van der Waals surface area contributed by atoms with Crippen molar-refractivity contribution in [2.24, 2.45) is 0 Å². The maximum atomic E-state index is 12.4. The molecule has 0 aliphatic carbocycles. The zero-order chi connectivity index (χ0) is 23.0. The van der Waals surface area contributed by atoms with Gasteiger partial charge in [-0.1, -0.05) is 0 Å². The number of piperazine rings is 1. The van der Waals surface area contributed by atoms with Crippen molar-refractivity contribution in [1.29, 1.82) is 0 Å². The fourth-order valence-corrected chi connectivity index (χ4v) is 4.11. The molecule has 3 amide bonds. The van der Waals surface area contributed by atoms with Gasteiger partial charge in [-0.05, 0) is 32.9 Å². The highest BCUT2D eigenvalue weighted by Gasteiger charge is 2.37. The second kappa shape index (κ2) is 8.40. The predicted molar refractivity (Wildman–Crippen MR) is 117 cm³/mol. The lowest BCUT2D eigenvalue weighted by atomic mass is 10.1. The van der Waals surface area contributed by atoms with Crippen molar-refractivity contribution in [3.8, 4) is 5.75 Å². The van der Waals surface area contributed by atoms with E-state index < -0.39 is 17.8 Å². The molecule has 0 saturated carbocycles. The first-order valence-electron chi connectivity index (χ1n) is 10.8. The van der Waals surface area contributed by atoms with Crippen LogP contribution in [0.4, 0.5) is 21.0 Å². The third kappa shape index (κ3) is 4.68. The summed E-state index contributed by atoms with van der Waals surface area (Å²) in [6, 6.07) is 5.68. The molecule has 1 unspecified atom stereocenters. The Labute approximate surface area is 187 Å². The summed E-state index contributed by atoms with van der Waals surface area (Å²) in [6.07, 6.45) is -1.15. The highest BCUT2D eigenvalue weighted by molar-refractivity contribution is 5.90. The van der Waals surface area contributed by atoms with E-state index >= 15 is 0 Å². The lowest BCUT2D eigenvalue weighted by molar-refractivity contribution is -0.119. The molecule has 2 fully saturated rings. The van der Waals surface area contributed by atoms with Gasteiger partial charge in [0.15, 0.2) is 0 Å². The van der Waals surface area contributed by atoms with E-state index in [4.69, 9.17) is 14.2 Å². The Morgan fingerprint density at radius 1 is 1.22 bits per heavy atom. The third-order valence-corrected chi connectivity index (χ3v) is 5.58. The topological polar surface area (TPSA) is 101 Å². The minimum atomic E-state index is -0.530.